The Labute approximate surface area is 129 Å². The standard InChI is InChI=1S/C17H30N4/c1-16(2,3)18-13-14-7-8-15(20-19-14)21-11-6-9-17(4,5)10-12-21/h7-8,18H,6,9-13H2,1-5H3. The van der Waals surface area contributed by atoms with Gasteiger partial charge in [-0.15, -0.1) is 5.10 Å². The zero-order valence-electron chi connectivity index (χ0n) is 14.2. The van der Waals surface area contributed by atoms with Crippen LogP contribution >= 0.6 is 0 Å². The Bertz CT molecular complexity index is 445. The van der Waals surface area contributed by atoms with E-state index >= 15 is 0 Å². The Kier molecular flexibility index (Phi) is 4.87. The van der Waals surface area contributed by atoms with Gasteiger partial charge in [0, 0.05) is 25.2 Å². The van der Waals surface area contributed by atoms with Gasteiger partial charge in [0.25, 0.3) is 0 Å². The lowest BCUT2D eigenvalue weighted by atomic mass is 9.85. The minimum Gasteiger partial charge on any atom is -0.355 e. The van der Waals surface area contributed by atoms with Crippen LogP contribution in [0.4, 0.5) is 5.82 Å². The average molecular weight is 290 g/mol. The van der Waals surface area contributed by atoms with Crippen LogP contribution in [0.25, 0.3) is 0 Å². The van der Waals surface area contributed by atoms with E-state index in [4.69, 9.17) is 0 Å². The molecule has 21 heavy (non-hydrogen) atoms. The first-order valence-electron chi connectivity index (χ1n) is 8.08. The van der Waals surface area contributed by atoms with Crippen molar-refractivity contribution < 1.29 is 0 Å². The van der Waals surface area contributed by atoms with Gasteiger partial charge in [-0.3, -0.25) is 0 Å². The number of nitrogens with zero attached hydrogens (tertiary/aromatic N) is 3. The fraction of sp³-hybridized carbons (Fsp3) is 0.765. The van der Waals surface area contributed by atoms with Gasteiger partial charge in [-0.05, 0) is 57.6 Å². The van der Waals surface area contributed by atoms with Crippen LogP contribution < -0.4 is 10.2 Å². The molecule has 0 atom stereocenters. The summed E-state index contributed by atoms with van der Waals surface area (Å²) in [7, 11) is 0. The quantitative estimate of drug-likeness (QED) is 0.926. The molecule has 0 spiro atoms. The molecule has 0 unspecified atom stereocenters. The third kappa shape index (κ3) is 5.27. The summed E-state index contributed by atoms with van der Waals surface area (Å²) in [6, 6.07) is 4.21. The Morgan fingerprint density at radius 2 is 1.90 bits per heavy atom. The van der Waals surface area contributed by atoms with Crippen molar-refractivity contribution >= 4 is 5.82 Å². The average Bonchev–Trinajstić information content (AvgIpc) is 2.57. The van der Waals surface area contributed by atoms with Crippen molar-refractivity contribution in [2.24, 2.45) is 5.41 Å². The lowest BCUT2D eigenvalue weighted by Crippen LogP contribution is -2.35. The molecule has 0 bridgehead atoms. The van der Waals surface area contributed by atoms with Gasteiger partial charge in [0.1, 0.15) is 0 Å². The van der Waals surface area contributed by atoms with Crippen LogP contribution in [0.3, 0.4) is 0 Å². The number of anilines is 1. The number of aromatic nitrogens is 2. The minimum absolute atomic E-state index is 0.108. The van der Waals surface area contributed by atoms with Gasteiger partial charge in [-0.2, -0.15) is 5.10 Å². The van der Waals surface area contributed by atoms with E-state index in [-0.39, 0.29) is 5.54 Å². The molecular formula is C17H30N4. The van der Waals surface area contributed by atoms with E-state index < -0.39 is 0 Å². The second-order valence-corrected chi connectivity index (χ2v) is 7.99. The van der Waals surface area contributed by atoms with Crippen molar-refractivity contribution in [1.29, 1.82) is 0 Å². The summed E-state index contributed by atoms with van der Waals surface area (Å²) in [4.78, 5) is 2.38. The van der Waals surface area contributed by atoms with Gasteiger partial charge < -0.3 is 10.2 Å². The first kappa shape index (κ1) is 16.2. The highest BCUT2D eigenvalue weighted by atomic mass is 15.3. The molecule has 1 saturated heterocycles. The number of rotatable bonds is 3. The third-order valence-corrected chi connectivity index (χ3v) is 4.17. The minimum atomic E-state index is 0.108. The van der Waals surface area contributed by atoms with E-state index in [1.807, 2.05) is 0 Å². The van der Waals surface area contributed by atoms with Crippen LogP contribution in [0, 0.1) is 5.41 Å². The van der Waals surface area contributed by atoms with E-state index in [1.165, 1.54) is 19.3 Å². The molecule has 118 valence electrons. The highest BCUT2D eigenvalue weighted by molar-refractivity contribution is 5.37. The molecule has 0 radical (unpaired) electrons. The third-order valence-electron chi connectivity index (χ3n) is 4.17. The number of nitrogens with one attached hydrogen (secondary N) is 1. The number of hydrogen-bond acceptors (Lipinski definition) is 4. The molecule has 1 aromatic rings. The fourth-order valence-corrected chi connectivity index (χ4v) is 2.62. The van der Waals surface area contributed by atoms with Crippen molar-refractivity contribution in [2.75, 3.05) is 18.0 Å². The molecule has 1 N–H and O–H groups in total. The summed E-state index contributed by atoms with van der Waals surface area (Å²) in [5.41, 5.74) is 1.57. The summed E-state index contributed by atoms with van der Waals surface area (Å²) in [6.07, 6.45) is 3.76. The Balaban J connectivity index is 1.95. The monoisotopic (exact) mass is 290 g/mol. The van der Waals surface area contributed by atoms with Crippen LogP contribution in [-0.4, -0.2) is 28.8 Å². The maximum Gasteiger partial charge on any atom is 0.151 e. The highest BCUT2D eigenvalue weighted by Gasteiger charge is 2.23. The van der Waals surface area contributed by atoms with Crippen molar-refractivity contribution in [3.8, 4) is 0 Å². The molecule has 4 nitrogen and oxygen atoms in total. The molecule has 1 aromatic heterocycles. The number of hydrogen-bond donors (Lipinski definition) is 1. The molecule has 1 aliphatic rings. The van der Waals surface area contributed by atoms with E-state index in [2.05, 4.69) is 67.2 Å². The Hall–Kier alpha value is -1.16. The summed E-state index contributed by atoms with van der Waals surface area (Å²) in [6.45, 7) is 14.2. The van der Waals surface area contributed by atoms with Gasteiger partial charge >= 0.3 is 0 Å². The lowest BCUT2D eigenvalue weighted by molar-refractivity contribution is 0.325. The molecule has 1 aliphatic heterocycles. The zero-order valence-corrected chi connectivity index (χ0v) is 14.2. The van der Waals surface area contributed by atoms with E-state index in [0.29, 0.717) is 5.41 Å². The smallest absolute Gasteiger partial charge is 0.151 e. The van der Waals surface area contributed by atoms with Crippen molar-refractivity contribution in [1.82, 2.24) is 15.5 Å². The van der Waals surface area contributed by atoms with Crippen molar-refractivity contribution in [3.63, 3.8) is 0 Å². The van der Waals surface area contributed by atoms with Crippen LogP contribution in [0.2, 0.25) is 0 Å². The molecule has 0 saturated carbocycles. The van der Waals surface area contributed by atoms with Gasteiger partial charge in [0.2, 0.25) is 0 Å². The summed E-state index contributed by atoms with van der Waals surface area (Å²) in [5.74, 6) is 1.02. The SMILES string of the molecule is CC1(C)CCCN(c2ccc(CNC(C)(C)C)nn2)CC1. The summed E-state index contributed by atoms with van der Waals surface area (Å²) >= 11 is 0. The van der Waals surface area contributed by atoms with Crippen LogP contribution in [0.1, 0.15) is 59.6 Å². The molecule has 0 aliphatic carbocycles. The maximum atomic E-state index is 4.43. The first-order chi connectivity index (χ1) is 9.75. The molecule has 2 rings (SSSR count). The van der Waals surface area contributed by atoms with Gasteiger partial charge in [-0.1, -0.05) is 13.8 Å². The highest BCUT2D eigenvalue weighted by Crippen LogP contribution is 2.30. The topological polar surface area (TPSA) is 41.0 Å². The molecule has 2 heterocycles. The second-order valence-electron chi connectivity index (χ2n) is 7.99. The maximum absolute atomic E-state index is 4.43. The molecule has 0 amide bonds. The second kappa shape index (κ2) is 6.30. The van der Waals surface area contributed by atoms with Crippen molar-refractivity contribution in [3.05, 3.63) is 17.8 Å². The van der Waals surface area contributed by atoms with Crippen molar-refractivity contribution in [2.45, 2.75) is 66.0 Å². The largest absolute Gasteiger partial charge is 0.355 e. The van der Waals surface area contributed by atoms with Gasteiger partial charge in [0.15, 0.2) is 5.82 Å². The summed E-state index contributed by atoms with van der Waals surface area (Å²) in [5, 5.41) is 12.2. The van der Waals surface area contributed by atoms with Gasteiger partial charge in [0.05, 0.1) is 5.69 Å². The fourth-order valence-electron chi connectivity index (χ4n) is 2.62. The van der Waals surface area contributed by atoms with E-state index in [0.717, 1.165) is 31.1 Å². The van der Waals surface area contributed by atoms with Crippen LogP contribution in [0.15, 0.2) is 12.1 Å². The van der Waals surface area contributed by atoms with Gasteiger partial charge in [-0.25, -0.2) is 0 Å². The molecular weight excluding hydrogens is 260 g/mol. The Morgan fingerprint density at radius 3 is 2.52 bits per heavy atom. The predicted octanol–water partition coefficient (Wildman–Crippen LogP) is 3.38. The first-order valence-corrected chi connectivity index (χ1v) is 8.08. The molecule has 1 fully saturated rings. The Morgan fingerprint density at radius 1 is 1.14 bits per heavy atom. The normalized spacial score (nSPS) is 19.4. The molecule has 4 heteroatoms. The van der Waals surface area contributed by atoms with Crippen LogP contribution in [0.5, 0.6) is 0 Å². The van der Waals surface area contributed by atoms with E-state index in [1.54, 1.807) is 0 Å². The van der Waals surface area contributed by atoms with E-state index in [9.17, 15) is 0 Å². The molecule has 0 aromatic carbocycles. The zero-order chi connectivity index (χ0) is 15.5. The lowest BCUT2D eigenvalue weighted by Gasteiger charge is -2.24. The summed E-state index contributed by atoms with van der Waals surface area (Å²) < 4.78 is 0. The van der Waals surface area contributed by atoms with Crippen LogP contribution in [-0.2, 0) is 6.54 Å². The predicted molar refractivity (Wildman–Crippen MR) is 88.5 cm³/mol.